The average molecular weight is 243 g/mol. The quantitative estimate of drug-likeness (QED) is 0.824. The summed E-state index contributed by atoms with van der Waals surface area (Å²) in [7, 11) is 1.56. The Morgan fingerprint density at radius 1 is 1.38 bits per heavy atom. The molecule has 0 aliphatic carbocycles. The van der Waals surface area contributed by atoms with Crippen LogP contribution < -0.4 is 15.0 Å². The van der Waals surface area contributed by atoms with Gasteiger partial charge in [0.1, 0.15) is 10.8 Å². The van der Waals surface area contributed by atoms with Crippen LogP contribution >= 0.6 is 11.6 Å². The highest BCUT2D eigenvalue weighted by Crippen LogP contribution is 2.41. The molecule has 1 aliphatic heterocycles. The molecule has 1 aromatic carbocycles. The second-order valence-electron chi connectivity index (χ2n) is 3.69. The SMILES string of the molecule is COc1c(N2CCNCC2)ccc(O)c1Cl. The number of rotatable bonds is 2. The number of ether oxygens (including phenoxy) is 1. The topological polar surface area (TPSA) is 44.7 Å². The molecule has 0 amide bonds. The Hall–Kier alpha value is -1.13. The Morgan fingerprint density at radius 2 is 2.06 bits per heavy atom. The molecule has 0 unspecified atom stereocenters. The first-order valence-electron chi connectivity index (χ1n) is 5.25. The molecule has 0 bridgehead atoms. The number of hydrogen-bond donors (Lipinski definition) is 2. The van der Waals surface area contributed by atoms with Gasteiger partial charge in [-0.2, -0.15) is 0 Å². The molecule has 4 nitrogen and oxygen atoms in total. The van der Waals surface area contributed by atoms with Crippen molar-refractivity contribution in [2.45, 2.75) is 0 Å². The monoisotopic (exact) mass is 242 g/mol. The fourth-order valence-electron chi connectivity index (χ4n) is 1.88. The van der Waals surface area contributed by atoms with Crippen molar-refractivity contribution in [3.05, 3.63) is 17.2 Å². The molecule has 1 saturated heterocycles. The number of methoxy groups -OCH3 is 1. The molecule has 88 valence electrons. The number of halogens is 1. The molecule has 0 saturated carbocycles. The van der Waals surface area contributed by atoms with E-state index in [1.807, 2.05) is 6.07 Å². The first kappa shape index (κ1) is 11.4. The smallest absolute Gasteiger partial charge is 0.164 e. The molecule has 2 rings (SSSR count). The van der Waals surface area contributed by atoms with E-state index < -0.39 is 0 Å². The Bertz CT molecular complexity index is 378. The zero-order valence-corrected chi connectivity index (χ0v) is 9.92. The number of piperazine rings is 1. The summed E-state index contributed by atoms with van der Waals surface area (Å²) in [5.41, 5.74) is 0.937. The first-order valence-corrected chi connectivity index (χ1v) is 5.63. The lowest BCUT2D eigenvalue weighted by atomic mass is 10.2. The van der Waals surface area contributed by atoms with Crippen molar-refractivity contribution in [3.63, 3.8) is 0 Å². The third-order valence-corrected chi connectivity index (χ3v) is 3.08. The van der Waals surface area contributed by atoms with Gasteiger partial charge in [0.15, 0.2) is 5.75 Å². The van der Waals surface area contributed by atoms with Gasteiger partial charge in [-0.15, -0.1) is 0 Å². The van der Waals surface area contributed by atoms with E-state index in [1.54, 1.807) is 13.2 Å². The van der Waals surface area contributed by atoms with Crippen LogP contribution in [0.15, 0.2) is 12.1 Å². The molecule has 0 atom stereocenters. The van der Waals surface area contributed by atoms with E-state index in [0.717, 1.165) is 31.9 Å². The number of hydrogen-bond acceptors (Lipinski definition) is 4. The maximum Gasteiger partial charge on any atom is 0.164 e. The minimum atomic E-state index is 0.0531. The van der Waals surface area contributed by atoms with E-state index in [9.17, 15) is 5.11 Å². The number of phenols is 1. The van der Waals surface area contributed by atoms with Gasteiger partial charge in [-0.1, -0.05) is 11.6 Å². The minimum absolute atomic E-state index is 0.0531. The average Bonchev–Trinajstić information content (AvgIpc) is 2.33. The van der Waals surface area contributed by atoms with Gasteiger partial charge < -0.3 is 20.1 Å². The van der Waals surface area contributed by atoms with E-state index in [0.29, 0.717) is 5.75 Å². The summed E-state index contributed by atoms with van der Waals surface area (Å²) in [5, 5.41) is 13.1. The fraction of sp³-hybridized carbons (Fsp3) is 0.455. The van der Waals surface area contributed by atoms with Crippen molar-refractivity contribution in [1.82, 2.24) is 5.32 Å². The third-order valence-electron chi connectivity index (χ3n) is 2.72. The van der Waals surface area contributed by atoms with Crippen molar-refractivity contribution < 1.29 is 9.84 Å². The number of anilines is 1. The first-order chi connectivity index (χ1) is 7.74. The number of aromatic hydroxyl groups is 1. The predicted molar refractivity (Wildman–Crippen MR) is 64.8 cm³/mol. The molecule has 0 radical (unpaired) electrons. The summed E-state index contributed by atoms with van der Waals surface area (Å²) < 4.78 is 5.26. The molecule has 2 N–H and O–H groups in total. The Balaban J connectivity index is 2.35. The Labute approximate surface area is 99.8 Å². The number of phenolic OH excluding ortho intramolecular Hbond substituents is 1. The lowest BCUT2D eigenvalue weighted by Crippen LogP contribution is -2.43. The standard InChI is InChI=1S/C11H15ClN2O2/c1-16-11-8(2-3-9(15)10(11)12)14-6-4-13-5-7-14/h2-3,13,15H,4-7H2,1H3. The van der Waals surface area contributed by atoms with Crippen LogP contribution in [0, 0.1) is 0 Å². The van der Waals surface area contributed by atoms with Crippen molar-refractivity contribution in [1.29, 1.82) is 0 Å². The molecule has 0 spiro atoms. The van der Waals surface area contributed by atoms with Gasteiger partial charge in [0.05, 0.1) is 12.8 Å². The summed E-state index contributed by atoms with van der Waals surface area (Å²) in [4.78, 5) is 2.20. The molecule has 1 aliphatic rings. The van der Waals surface area contributed by atoms with Crippen LogP contribution in [0.25, 0.3) is 0 Å². The highest BCUT2D eigenvalue weighted by atomic mass is 35.5. The number of nitrogens with zero attached hydrogens (tertiary/aromatic N) is 1. The molecule has 5 heteroatoms. The minimum Gasteiger partial charge on any atom is -0.506 e. The molecule has 0 aromatic heterocycles. The zero-order chi connectivity index (χ0) is 11.5. The van der Waals surface area contributed by atoms with Gasteiger partial charge >= 0.3 is 0 Å². The molecular weight excluding hydrogens is 228 g/mol. The highest BCUT2D eigenvalue weighted by molar-refractivity contribution is 6.34. The molecule has 1 aromatic rings. The maximum absolute atomic E-state index is 9.51. The molecule has 1 heterocycles. The summed E-state index contributed by atoms with van der Waals surface area (Å²) in [5.74, 6) is 0.598. The van der Waals surface area contributed by atoms with Crippen molar-refractivity contribution in [2.75, 3.05) is 38.2 Å². The van der Waals surface area contributed by atoms with Crippen LogP contribution in [0.5, 0.6) is 11.5 Å². The van der Waals surface area contributed by atoms with Gasteiger partial charge in [-0.3, -0.25) is 0 Å². The van der Waals surface area contributed by atoms with E-state index in [-0.39, 0.29) is 10.8 Å². The highest BCUT2D eigenvalue weighted by Gasteiger charge is 2.18. The lowest BCUT2D eigenvalue weighted by Gasteiger charge is -2.30. The van der Waals surface area contributed by atoms with Crippen LogP contribution in [-0.2, 0) is 0 Å². The Kier molecular flexibility index (Phi) is 3.41. The van der Waals surface area contributed by atoms with Crippen molar-refractivity contribution in [3.8, 4) is 11.5 Å². The predicted octanol–water partition coefficient (Wildman–Crippen LogP) is 1.46. The molecule has 1 fully saturated rings. The fourth-order valence-corrected chi connectivity index (χ4v) is 2.12. The van der Waals surface area contributed by atoms with E-state index in [1.165, 1.54) is 0 Å². The van der Waals surface area contributed by atoms with Crippen molar-refractivity contribution in [2.24, 2.45) is 0 Å². The van der Waals surface area contributed by atoms with Crippen LogP contribution in [-0.4, -0.2) is 38.4 Å². The van der Waals surface area contributed by atoms with E-state index in [4.69, 9.17) is 16.3 Å². The largest absolute Gasteiger partial charge is 0.506 e. The Morgan fingerprint density at radius 3 is 2.69 bits per heavy atom. The third kappa shape index (κ3) is 2.03. The van der Waals surface area contributed by atoms with Gasteiger partial charge in [-0.05, 0) is 12.1 Å². The van der Waals surface area contributed by atoms with Crippen LogP contribution in [0.1, 0.15) is 0 Å². The number of nitrogens with one attached hydrogen (secondary N) is 1. The van der Waals surface area contributed by atoms with Gasteiger partial charge in [0.25, 0.3) is 0 Å². The second kappa shape index (κ2) is 4.80. The van der Waals surface area contributed by atoms with Gasteiger partial charge in [0, 0.05) is 26.2 Å². The molecular formula is C11H15ClN2O2. The van der Waals surface area contributed by atoms with E-state index >= 15 is 0 Å². The normalized spacial score (nSPS) is 16.2. The molecule has 16 heavy (non-hydrogen) atoms. The summed E-state index contributed by atoms with van der Waals surface area (Å²) in [6, 6.07) is 3.44. The summed E-state index contributed by atoms with van der Waals surface area (Å²) >= 11 is 6.00. The van der Waals surface area contributed by atoms with Gasteiger partial charge in [0.2, 0.25) is 0 Å². The number of benzene rings is 1. The summed E-state index contributed by atoms with van der Waals surface area (Å²) in [6.07, 6.45) is 0. The zero-order valence-electron chi connectivity index (χ0n) is 9.16. The van der Waals surface area contributed by atoms with Gasteiger partial charge in [-0.25, -0.2) is 0 Å². The second-order valence-corrected chi connectivity index (χ2v) is 4.07. The summed E-state index contributed by atoms with van der Waals surface area (Å²) in [6.45, 7) is 3.72. The van der Waals surface area contributed by atoms with Crippen LogP contribution in [0.2, 0.25) is 5.02 Å². The maximum atomic E-state index is 9.51. The van der Waals surface area contributed by atoms with Crippen LogP contribution in [0.3, 0.4) is 0 Å². The van der Waals surface area contributed by atoms with E-state index in [2.05, 4.69) is 10.2 Å². The lowest BCUT2D eigenvalue weighted by molar-refractivity contribution is 0.406. The van der Waals surface area contributed by atoms with Crippen molar-refractivity contribution >= 4 is 17.3 Å². The van der Waals surface area contributed by atoms with Crippen LogP contribution in [0.4, 0.5) is 5.69 Å².